The van der Waals surface area contributed by atoms with Crippen LogP contribution in [0.1, 0.15) is 47.7 Å². The Balaban J connectivity index is 1.50. The number of carbonyl (C=O) groups is 5. The van der Waals surface area contributed by atoms with Crippen LogP contribution in [-0.2, 0) is 20.8 Å². The van der Waals surface area contributed by atoms with Crippen molar-refractivity contribution in [2.45, 2.75) is 51.4 Å². The molecule has 2 heterocycles. The van der Waals surface area contributed by atoms with Crippen LogP contribution in [0, 0.1) is 6.92 Å². The number of piperazine rings is 1. The third-order valence-electron chi connectivity index (χ3n) is 7.46. The first-order valence-corrected chi connectivity index (χ1v) is 13.4. The highest BCUT2D eigenvalue weighted by atomic mass is 16.5. The third kappa shape index (κ3) is 6.51. The first-order valence-electron chi connectivity index (χ1n) is 13.4. The van der Waals surface area contributed by atoms with Crippen LogP contribution < -0.4 is 9.97 Å². The van der Waals surface area contributed by atoms with Gasteiger partial charge in [0.2, 0.25) is 0 Å². The van der Waals surface area contributed by atoms with Crippen LogP contribution in [0.5, 0.6) is 17.2 Å². The van der Waals surface area contributed by atoms with Crippen molar-refractivity contribution in [1.29, 1.82) is 0 Å². The van der Waals surface area contributed by atoms with Crippen LogP contribution in [0.15, 0.2) is 36.4 Å². The molecule has 2 atom stereocenters. The van der Waals surface area contributed by atoms with Crippen LogP contribution in [0.3, 0.4) is 0 Å². The van der Waals surface area contributed by atoms with Gasteiger partial charge in [0, 0.05) is 43.9 Å². The maximum absolute atomic E-state index is 13.5. The Morgan fingerprint density at radius 2 is 1.85 bits per heavy atom. The number of aryl methyl sites for hydroxylation is 1. The molecule has 2 aliphatic heterocycles. The fourth-order valence-electron chi connectivity index (χ4n) is 5.04. The van der Waals surface area contributed by atoms with Crippen molar-refractivity contribution >= 4 is 36.5 Å². The predicted molar refractivity (Wildman–Crippen MR) is 146 cm³/mol. The van der Waals surface area contributed by atoms with Gasteiger partial charge in [0.15, 0.2) is 23.1 Å². The summed E-state index contributed by atoms with van der Waals surface area (Å²) in [6.45, 7) is 3.97. The molecule has 0 aromatic heterocycles. The zero-order valence-electron chi connectivity index (χ0n) is 22.8. The van der Waals surface area contributed by atoms with Gasteiger partial charge < -0.3 is 30.1 Å². The van der Waals surface area contributed by atoms with E-state index in [9.17, 15) is 39.2 Å². The van der Waals surface area contributed by atoms with Gasteiger partial charge in [-0.15, -0.1) is 0 Å². The number of para-hydroxylation sites is 1. The normalized spacial score (nSPS) is 17.5. The zero-order valence-corrected chi connectivity index (χ0v) is 22.8. The van der Waals surface area contributed by atoms with Gasteiger partial charge in [-0.3, -0.25) is 24.1 Å². The number of ketones is 2. The first kappa shape index (κ1) is 29.6. The van der Waals surface area contributed by atoms with Crippen LogP contribution in [-0.4, -0.2) is 87.2 Å². The van der Waals surface area contributed by atoms with Gasteiger partial charge in [0.25, 0.3) is 0 Å². The number of imide groups is 1. The zero-order chi connectivity index (χ0) is 29.8. The minimum Gasteiger partial charge on any atom is -0.536 e. The molecule has 41 heavy (non-hydrogen) atoms. The van der Waals surface area contributed by atoms with Crippen molar-refractivity contribution in [3.63, 3.8) is 0 Å². The number of phenolic OH excluding ortho intramolecular Hbond substituents is 2. The largest absolute Gasteiger partial charge is 0.536 e. The Kier molecular flexibility index (Phi) is 8.97. The number of carbonyl (C=O) groups excluding carboxylic acids is 5. The maximum atomic E-state index is 13.5. The van der Waals surface area contributed by atoms with E-state index in [1.54, 1.807) is 6.92 Å². The molecule has 0 saturated carbocycles. The van der Waals surface area contributed by atoms with Gasteiger partial charge in [0.1, 0.15) is 5.75 Å². The summed E-state index contributed by atoms with van der Waals surface area (Å²) >= 11 is 0. The Morgan fingerprint density at radius 1 is 1.10 bits per heavy atom. The summed E-state index contributed by atoms with van der Waals surface area (Å²) in [5.41, 5.74) is 1.77. The summed E-state index contributed by atoms with van der Waals surface area (Å²) in [5, 5.41) is 32.4. The van der Waals surface area contributed by atoms with E-state index in [1.165, 1.54) is 11.0 Å². The van der Waals surface area contributed by atoms with E-state index in [2.05, 4.69) is 5.32 Å². The van der Waals surface area contributed by atoms with Crippen LogP contribution >= 0.6 is 0 Å². The van der Waals surface area contributed by atoms with Gasteiger partial charge >= 0.3 is 25.0 Å². The summed E-state index contributed by atoms with van der Waals surface area (Å²) in [6, 6.07) is 6.95. The molecule has 0 aliphatic carbocycles. The minimum atomic E-state index is -1.27. The van der Waals surface area contributed by atoms with Crippen molar-refractivity contribution in [2.24, 2.45) is 0 Å². The van der Waals surface area contributed by atoms with Gasteiger partial charge in [-0.05, 0) is 56.0 Å². The minimum absolute atomic E-state index is 0.0534. The molecule has 12 nitrogen and oxygen atoms in total. The number of hydrogen-bond donors (Lipinski definition) is 4. The van der Waals surface area contributed by atoms with Crippen molar-refractivity contribution in [2.75, 3.05) is 19.6 Å². The number of Topliss-reactive ketones (excluding diaryl/α,β-unsaturated/α-hetero) is 2. The highest BCUT2D eigenvalue weighted by Crippen LogP contribution is 2.36. The fourth-order valence-corrected chi connectivity index (χ4v) is 5.04. The van der Waals surface area contributed by atoms with Crippen molar-refractivity contribution in [3.05, 3.63) is 53.1 Å². The van der Waals surface area contributed by atoms with Gasteiger partial charge in [-0.1, -0.05) is 18.2 Å². The van der Waals surface area contributed by atoms with Gasteiger partial charge in [-0.2, -0.15) is 0 Å². The maximum Gasteiger partial charge on any atom is 0.526 e. The summed E-state index contributed by atoms with van der Waals surface area (Å²) in [6.07, 6.45) is -0.211. The molecule has 1 fully saturated rings. The molecule has 0 bridgehead atoms. The molecule has 2 aliphatic rings. The second-order valence-corrected chi connectivity index (χ2v) is 10.2. The second kappa shape index (κ2) is 12.4. The van der Waals surface area contributed by atoms with E-state index in [4.69, 9.17) is 4.65 Å². The molecule has 0 spiro atoms. The lowest BCUT2D eigenvalue weighted by Gasteiger charge is -2.33. The highest BCUT2D eigenvalue weighted by molar-refractivity contribution is 6.46. The summed E-state index contributed by atoms with van der Waals surface area (Å²) < 4.78 is 5.68. The molecule has 4 amide bonds. The number of likely N-dealkylation sites (N-methyl/N-ethyl adjacent to an activating group) is 1. The van der Waals surface area contributed by atoms with Crippen molar-refractivity contribution in [3.8, 4) is 17.2 Å². The summed E-state index contributed by atoms with van der Waals surface area (Å²) in [7, 11) is -1.27. The quantitative estimate of drug-likeness (QED) is 0.152. The molecule has 0 unspecified atom stereocenters. The fraction of sp³-hybridized carbons (Fsp3) is 0.393. The van der Waals surface area contributed by atoms with Crippen molar-refractivity contribution < 1.29 is 43.9 Å². The number of nitrogens with one attached hydrogen (secondary N) is 1. The monoisotopic (exact) mass is 565 g/mol. The predicted octanol–water partition coefficient (Wildman–Crippen LogP) is 1.58. The molecule has 1 saturated heterocycles. The average Bonchev–Trinajstić information content (AvgIpc) is 2.94. The van der Waals surface area contributed by atoms with E-state index in [0.717, 1.165) is 28.2 Å². The van der Waals surface area contributed by atoms with Crippen LogP contribution in [0.4, 0.5) is 4.79 Å². The number of amides is 4. The highest BCUT2D eigenvalue weighted by Gasteiger charge is 2.40. The Morgan fingerprint density at radius 3 is 2.56 bits per heavy atom. The van der Waals surface area contributed by atoms with Crippen LogP contribution in [0.2, 0.25) is 5.82 Å². The van der Waals surface area contributed by atoms with E-state index in [0.29, 0.717) is 18.7 Å². The Hall–Kier alpha value is -4.39. The number of nitrogens with zero attached hydrogens (tertiary/aromatic N) is 2. The van der Waals surface area contributed by atoms with Crippen molar-refractivity contribution in [1.82, 2.24) is 15.1 Å². The number of phenols is 2. The summed E-state index contributed by atoms with van der Waals surface area (Å²) in [5.74, 6) is -3.73. The SMILES string of the molecule is CCN1CCN(C(=O)N[C@H](CCC(=O)c2ccc(O)c(O)c2)C(=O)C[C@H]2Cc3cccc(C)c3OB2O)C(=O)C1=O. The molecule has 0 radical (unpaired) electrons. The van der Waals surface area contributed by atoms with Gasteiger partial charge in [-0.25, -0.2) is 4.79 Å². The Labute approximate surface area is 237 Å². The van der Waals surface area contributed by atoms with E-state index in [-0.39, 0.29) is 37.9 Å². The molecular formula is C28H32BN3O9. The molecule has 13 heteroatoms. The van der Waals surface area contributed by atoms with E-state index in [1.807, 2.05) is 25.1 Å². The third-order valence-corrected chi connectivity index (χ3v) is 7.46. The Bertz CT molecular complexity index is 1380. The molecule has 2 aromatic carbocycles. The first-order chi connectivity index (χ1) is 19.5. The van der Waals surface area contributed by atoms with Gasteiger partial charge in [0.05, 0.1) is 6.04 Å². The van der Waals surface area contributed by atoms with E-state index < -0.39 is 59.9 Å². The average molecular weight is 565 g/mol. The number of fused-ring (bicyclic) bond motifs is 1. The molecule has 216 valence electrons. The number of hydrogen-bond acceptors (Lipinski definition) is 9. The number of benzene rings is 2. The molecule has 4 N–H and O–H groups in total. The standard InChI is InChI=1S/C28H32BN3O9/c1-3-31-11-12-32(27(38)26(31)37)28(39)30-20(8-10-21(33)17-7-9-22(34)24(36)14-17)23(35)15-19-13-18-6-4-5-16(2)25(18)41-29(19)40/h4-7,9,14,19-20,34,36,40H,3,8,10-13,15H2,1-2H3,(H,30,39)/t19-,20-/m1/s1. The molecular weight excluding hydrogens is 533 g/mol. The lowest BCUT2D eigenvalue weighted by atomic mass is 9.64. The second-order valence-electron chi connectivity index (χ2n) is 10.2. The topological polar surface area (TPSA) is 174 Å². The van der Waals surface area contributed by atoms with Crippen LogP contribution in [0.25, 0.3) is 0 Å². The lowest BCUT2D eigenvalue weighted by Crippen LogP contribution is -2.59. The molecule has 2 aromatic rings. The number of urea groups is 1. The smallest absolute Gasteiger partial charge is 0.526 e. The number of aromatic hydroxyl groups is 2. The number of rotatable bonds is 9. The van der Waals surface area contributed by atoms with E-state index >= 15 is 0 Å². The molecule has 4 rings (SSSR count). The summed E-state index contributed by atoms with van der Waals surface area (Å²) in [4.78, 5) is 66.3. The lowest BCUT2D eigenvalue weighted by molar-refractivity contribution is -0.153.